The van der Waals surface area contributed by atoms with E-state index in [9.17, 15) is 4.79 Å². The molecule has 15 heavy (non-hydrogen) atoms. The minimum atomic E-state index is -0.995. The Hall–Kier alpha value is -1.84. The van der Waals surface area contributed by atoms with Gasteiger partial charge in [0.1, 0.15) is 0 Å². The molecule has 0 saturated carbocycles. The number of hydrogen-bond acceptors (Lipinski definition) is 2. The van der Waals surface area contributed by atoms with E-state index in [1.54, 1.807) is 11.6 Å². The predicted octanol–water partition coefficient (Wildman–Crippen LogP) is 1.89. The average molecular weight is 204 g/mol. The van der Waals surface area contributed by atoms with Crippen LogP contribution in [0.25, 0.3) is 11.0 Å². The number of carbonyl (C=O) groups is 1. The van der Waals surface area contributed by atoms with Gasteiger partial charge in [-0.05, 0) is 31.0 Å². The van der Waals surface area contributed by atoms with Crippen molar-refractivity contribution in [1.29, 1.82) is 0 Å². The van der Waals surface area contributed by atoms with Crippen LogP contribution in [0.3, 0.4) is 0 Å². The summed E-state index contributed by atoms with van der Waals surface area (Å²) >= 11 is 0. The van der Waals surface area contributed by atoms with Gasteiger partial charge in [-0.25, -0.2) is 9.78 Å². The van der Waals surface area contributed by atoms with E-state index in [1.807, 2.05) is 26.0 Å². The summed E-state index contributed by atoms with van der Waals surface area (Å²) in [7, 11) is 1.73. The van der Waals surface area contributed by atoms with E-state index in [1.165, 1.54) is 0 Å². The highest BCUT2D eigenvalue weighted by Gasteiger charge is 2.15. The Kier molecular flexibility index (Phi) is 2.00. The van der Waals surface area contributed by atoms with Crippen LogP contribution in [0.5, 0.6) is 0 Å². The van der Waals surface area contributed by atoms with Gasteiger partial charge in [-0.1, -0.05) is 6.07 Å². The van der Waals surface area contributed by atoms with Crippen LogP contribution in [0.1, 0.15) is 21.7 Å². The van der Waals surface area contributed by atoms with Crippen molar-refractivity contribution in [3.8, 4) is 0 Å². The van der Waals surface area contributed by atoms with E-state index in [2.05, 4.69) is 4.98 Å². The van der Waals surface area contributed by atoms with Crippen molar-refractivity contribution in [2.75, 3.05) is 0 Å². The Labute approximate surface area is 87.2 Å². The number of benzene rings is 1. The molecule has 0 radical (unpaired) electrons. The second-order valence-electron chi connectivity index (χ2n) is 3.67. The summed E-state index contributed by atoms with van der Waals surface area (Å²) in [5, 5.41) is 8.94. The van der Waals surface area contributed by atoms with Gasteiger partial charge in [-0.3, -0.25) is 0 Å². The molecule has 0 aliphatic heterocycles. The number of carboxylic acids is 1. The van der Waals surface area contributed by atoms with Crippen LogP contribution in [0.2, 0.25) is 0 Å². The first-order valence-corrected chi connectivity index (χ1v) is 4.68. The molecule has 0 saturated heterocycles. The fourth-order valence-electron chi connectivity index (χ4n) is 1.79. The van der Waals surface area contributed by atoms with Crippen LogP contribution in [0, 0.1) is 13.8 Å². The molecule has 0 amide bonds. The van der Waals surface area contributed by atoms with E-state index < -0.39 is 5.97 Å². The Balaban J connectivity index is 2.89. The zero-order chi connectivity index (χ0) is 11.2. The number of fused-ring (bicyclic) bond motifs is 1. The topological polar surface area (TPSA) is 55.1 Å². The van der Waals surface area contributed by atoms with Crippen molar-refractivity contribution in [3.05, 3.63) is 29.1 Å². The molecule has 1 aromatic heterocycles. The van der Waals surface area contributed by atoms with Gasteiger partial charge < -0.3 is 9.67 Å². The van der Waals surface area contributed by atoms with Crippen LogP contribution < -0.4 is 0 Å². The summed E-state index contributed by atoms with van der Waals surface area (Å²) in [6.45, 7) is 3.98. The molecule has 1 heterocycles. The molecule has 1 N–H and O–H groups in total. The molecule has 0 bridgehead atoms. The van der Waals surface area contributed by atoms with Gasteiger partial charge in [-0.2, -0.15) is 0 Å². The van der Waals surface area contributed by atoms with Crippen LogP contribution in [-0.2, 0) is 7.05 Å². The standard InChI is InChI=1S/C11H12N2O2/c1-6-4-5-8-9(7(6)2)13(3)10(12-8)11(14)15/h4-5H,1-3H3,(H,14,15). The SMILES string of the molecule is Cc1ccc2nc(C(=O)O)n(C)c2c1C. The summed E-state index contributed by atoms with van der Waals surface area (Å²) in [6.07, 6.45) is 0. The zero-order valence-corrected chi connectivity index (χ0v) is 8.90. The normalized spacial score (nSPS) is 10.9. The lowest BCUT2D eigenvalue weighted by Crippen LogP contribution is -2.06. The largest absolute Gasteiger partial charge is 0.475 e. The van der Waals surface area contributed by atoms with Crippen molar-refractivity contribution in [2.24, 2.45) is 7.05 Å². The first kappa shape index (κ1) is 9.71. The molecule has 4 nitrogen and oxygen atoms in total. The number of aromatic nitrogens is 2. The lowest BCUT2D eigenvalue weighted by Gasteiger charge is -2.03. The number of rotatable bonds is 1. The van der Waals surface area contributed by atoms with Crippen molar-refractivity contribution in [1.82, 2.24) is 9.55 Å². The monoisotopic (exact) mass is 204 g/mol. The van der Waals surface area contributed by atoms with Gasteiger partial charge in [0.25, 0.3) is 0 Å². The maximum Gasteiger partial charge on any atom is 0.372 e. The maximum atomic E-state index is 10.9. The minimum absolute atomic E-state index is 0.0821. The maximum absolute atomic E-state index is 10.9. The fraction of sp³-hybridized carbons (Fsp3) is 0.273. The van der Waals surface area contributed by atoms with E-state index in [0.717, 1.165) is 22.2 Å². The summed E-state index contributed by atoms with van der Waals surface area (Å²) in [5.74, 6) is -0.913. The molecule has 4 heteroatoms. The summed E-state index contributed by atoms with van der Waals surface area (Å²) in [4.78, 5) is 15.0. The van der Waals surface area contributed by atoms with Crippen molar-refractivity contribution >= 4 is 17.0 Å². The first-order chi connectivity index (χ1) is 7.02. The Bertz CT molecular complexity index is 555. The van der Waals surface area contributed by atoms with Gasteiger partial charge in [0.15, 0.2) is 0 Å². The molecular weight excluding hydrogens is 192 g/mol. The molecule has 1 aromatic carbocycles. The number of aromatic carboxylic acids is 1. The number of imidazole rings is 1. The average Bonchev–Trinajstić information content (AvgIpc) is 2.50. The molecule has 0 aliphatic rings. The summed E-state index contributed by atoms with van der Waals surface area (Å²) < 4.78 is 1.62. The third kappa shape index (κ3) is 1.29. The van der Waals surface area contributed by atoms with Gasteiger partial charge >= 0.3 is 5.97 Å². The third-order valence-electron chi connectivity index (χ3n) is 2.75. The zero-order valence-electron chi connectivity index (χ0n) is 8.90. The molecule has 0 unspecified atom stereocenters. The molecule has 78 valence electrons. The lowest BCUT2D eigenvalue weighted by molar-refractivity contribution is 0.0680. The highest BCUT2D eigenvalue weighted by Crippen LogP contribution is 2.21. The van der Waals surface area contributed by atoms with Crippen LogP contribution in [0.15, 0.2) is 12.1 Å². The molecule has 0 fully saturated rings. The van der Waals surface area contributed by atoms with E-state index in [4.69, 9.17) is 5.11 Å². The van der Waals surface area contributed by atoms with Crippen molar-refractivity contribution < 1.29 is 9.90 Å². The van der Waals surface area contributed by atoms with Gasteiger partial charge in [0, 0.05) is 7.05 Å². The first-order valence-electron chi connectivity index (χ1n) is 4.68. The molecule has 2 aromatic rings. The van der Waals surface area contributed by atoms with Gasteiger partial charge in [0.2, 0.25) is 5.82 Å². The highest BCUT2D eigenvalue weighted by molar-refractivity contribution is 5.91. The summed E-state index contributed by atoms with van der Waals surface area (Å²) in [5.41, 5.74) is 3.85. The fourth-order valence-corrected chi connectivity index (χ4v) is 1.79. The molecule has 0 aliphatic carbocycles. The predicted molar refractivity (Wildman–Crippen MR) is 57.1 cm³/mol. The van der Waals surface area contributed by atoms with Gasteiger partial charge in [-0.15, -0.1) is 0 Å². The second-order valence-corrected chi connectivity index (χ2v) is 3.67. The van der Waals surface area contributed by atoms with Crippen molar-refractivity contribution in [2.45, 2.75) is 13.8 Å². The molecule has 0 spiro atoms. The quantitative estimate of drug-likeness (QED) is 0.771. The summed E-state index contributed by atoms with van der Waals surface area (Å²) in [6, 6.07) is 3.81. The van der Waals surface area contributed by atoms with Crippen molar-refractivity contribution in [3.63, 3.8) is 0 Å². The van der Waals surface area contributed by atoms with Gasteiger partial charge in [0.05, 0.1) is 11.0 Å². The number of carboxylic acid groups (broad SMARTS) is 1. The molecule has 0 atom stereocenters. The molecular formula is C11H12N2O2. The number of nitrogens with zero attached hydrogens (tertiary/aromatic N) is 2. The van der Waals surface area contributed by atoms with E-state index >= 15 is 0 Å². The number of aryl methyl sites for hydroxylation is 3. The van der Waals surface area contributed by atoms with E-state index in [0.29, 0.717) is 0 Å². The number of hydrogen-bond donors (Lipinski definition) is 1. The van der Waals surface area contributed by atoms with Crippen LogP contribution >= 0.6 is 0 Å². The second kappa shape index (κ2) is 3.08. The van der Waals surface area contributed by atoms with E-state index in [-0.39, 0.29) is 5.82 Å². The third-order valence-corrected chi connectivity index (χ3v) is 2.75. The minimum Gasteiger partial charge on any atom is -0.475 e. The Morgan fingerprint density at radius 2 is 2.07 bits per heavy atom. The van der Waals surface area contributed by atoms with Crippen LogP contribution in [0.4, 0.5) is 0 Å². The Morgan fingerprint density at radius 3 is 2.67 bits per heavy atom. The highest BCUT2D eigenvalue weighted by atomic mass is 16.4. The molecule has 2 rings (SSSR count). The Morgan fingerprint density at radius 1 is 1.40 bits per heavy atom. The smallest absolute Gasteiger partial charge is 0.372 e. The lowest BCUT2D eigenvalue weighted by atomic mass is 10.1. The van der Waals surface area contributed by atoms with Crippen LogP contribution in [-0.4, -0.2) is 20.6 Å².